The molecule has 0 fully saturated rings. The van der Waals surface area contributed by atoms with Gasteiger partial charge in [0.25, 0.3) is 0 Å². The zero-order valence-electron chi connectivity index (χ0n) is 13.3. The van der Waals surface area contributed by atoms with Gasteiger partial charge in [-0.15, -0.1) is 0 Å². The first kappa shape index (κ1) is 16.1. The molecule has 24 heavy (non-hydrogen) atoms. The van der Waals surface area contributed by atoms with Gasteiger partial charge >= 0.3 is 0 Å². The molecule has 0 aliphatic heterocycles. The van der Waals surface area contributed by atoms with Crippen molar-refractivity contribution in [1.29, 1.82) is 0 Å². The van der Waals surface area contributed by atoms with E-state index in [4.69, 9.17) is 4.74 Å². The Morgan fingerprint density at radius 3 is 2.38 bits per heavy atom. The third-order valence-corrected chi connectivity index (χ3v) is 3.97. The fourth-order valence-corrected chi connectivity index (χ4v) is 2.58. The quantitative estimate of drug-likeness (QED) is 0.609. The number of hydrogen-bond donors (Lipinski definition) is 1. The number of aromatic nitrogens is 2. The Labute approximate surface area is 145 Å². The molecule has 1 aromatic heterocycles. The van der Waals surface area contributed by atoms with Crippen LogP contribution in [-0.2, 0) is 0 Å². The number of rotatable bonds is 6. The number of anilines is 1. The molecule has 0 amide bonds. The summed E-state index contributed by atoms with van der Waals surface area (Å²) in [5.74, 6) is 1.69. The van der Waals surface area contributed by atoms with Gasteiger partial charge in [0.2, 0.25) is 11.8 Å². The van der Waals surface area contributed by atoms with E-state index in [1.54, 1.807) is 6.20 Å². The minimum atomic E-state index is 0.486. The first-order valence-corrected chi connectivity index (χ1v) is 8.28. The molecule has 0 aliphatic carbocycles. The molecule has 0 saturated carbocycles. The van der Waals surface area contributed by atoms with Crippen LogP contribution < -0.4 is 9.46 Å². The molecule has 0 saturated heterocycles. The highest BCUT2D eigenvalue weighted by molar-refractivity contribution is 8.00. The molecule has 0 aliphatic rings. The number of nitrogens with zero attached hydrogens (tertiary/aromatic N) is 2. The number of allylic oxidation sites excluding steroid dienone is 1. The van der Waals surface area contributed by atoms with E-state index in [-0.39, 0.29) is 0 Å². The highest BCUT2D eigenvalue weighted by Gasteiger charge is 2.11. The number of para-hydroxylation sites is 1. The van der Waals surface area contributed by atoms with E-state index in [2.05, 4.69) is 21.3 Å². The SMILES string of the molecule is C=C(C)c1cnc(NSc2ccccc2)nc1Oc1ccccc1. The van der Waals surface area contributed by atoms with Crippen molar-refractivity contribution < 1.29 is 4.74 Å². The largest absolute Gasteiger partial charge is 0.438 e. The van der Waals surface area contributed by atoms with E-state index >= 15 is 0 Å². The Morgan fingerprint density at radius 2 is 1.71 bits per heavy atom. The maximum Gasteiger partial charge on any atom is 0.236 e. The summed E-state index contributed by atoms with van der Waals surface area (Å²) in [6, 6.07) is 19.5. The molecule has 1 heterocycles. The standard InChI is InChI=1S/C19H17N3OS/c1-14(2)17-13-20-19(22-24-16-11-7-4-8-12-16)21-18(17)23-15-9-5-3-6-10-15/h3-13H,1H2,2H3,(H,20,21,22). The summed E-state index contributed by atoms with van der Waals surface area (Å²) in [4.78, 5) is 9.89. The van der Waals surface area contributed by atoms with Gasteiger partial charge in [-0.2, -0.15) is 4.98 Å². The Morgan fingerprint density at radius 1 is 1.04 bits per heavy atom. The molecule has 0 radical (unpaired) electrons. The number of nitrogens with one attached hydrogen (secondary N) is 1. The van der Waals surface area contributed by atoms with Gasteiger partial charge in [0.1, 0.15) is 5.75 Å². The predicted octanol–water partition coefficient (Wildman–Crippen LogP) is 5.42. The Balaban J connectivity index is 1.81. The van der Waals surface area contributed by atoms with Crippen molar-refractivity contribution in [3.05, 3.63) is 79.0 Å². The molecule has 0 unspecified atom stereocenters. The van der Waals surface area contributed by atoms with Crippen LogP contribution in [0.25, 0.3) is 5.57 Å². The third-order valence-electron chi connectivity index (χ3n) is 3.17. The lowest BCUT2D eigenvalue weighted by atomic mass is 10.2. The van der Waals surface area contributed by atoms with Crippen molar-refractivity contribution in [2.45, 2.75) is 11.8 Å². The van der Waals surface area contributed by atoms with Crippen LogP contribution in [0.15, 0.2) is 78.3 Å². The van der Waals surface area contributed by atoms with Gasteiger partial charge in [-0.3, -0.25) is 4.72 Å². The van der Waals surface area contributed by atoms with Gasteiger partial charge in [0.15, 0.2) is 0 Å². The van der Waals surface area contributed by atoms with Crippen LogP contribution >= 0.6 is 11.9 Å². The zero-order chi connectivity index (χ0) is 16.8. The second-order valence-electron chi connectivity index (χ2n) is 5.13. The van der Waals surface area contributed by atoms with Crippen LogP contribution in [0.3, 0.4) is 0 Å². The first-order valence-electron chi connectivity index (χ1n) is 7.46. The summed E-state index contributed by atoms with van der Waals surface area (Å²) in [7, 11) is 0. The smallest absolute Gasteiger partial charge is 0.236 e. The lowest BCUT2D eigenvalue weighted by Gasteiger charge is -2.11. The molecule has 120 valence electrons. The van der Waals surface area contributed by atoms with Gasteiger partial charge in [0, 0.05) is 11.1 Å². The van der Waals surface area contributed by atoms with Crippen LogP contribution in [0.2, 0.25) is 0 Å². The van der Waals surface area contributed by atoms with Gasteiger partial charge in [0.05, 0.1) is 5.56 Å². The molecular weight excluding hydrogens is 318 g/mol. The van der Waals surface area contributed by atoms with E-state index in [1.807, 2.05) is 67.6 Å². The van der Waals surface area contributed by atoms with E-state index in [1.165, 1.54) is 11.9 Å². The lowest BCUT2D eigenvalue weighted by molar-refractivity contribution is 0.461. The second kappa shape index (κ2) is 7.66. The molecular formula is C19H17N3OS. The second-order valence-corrected chi connectivity index (χ2v) is 6.00. The lowest BCUT2D eigenvalue weighted by Crippen LogP contribution is -2.00. The fraction of sp³-hybridized carbons (Fsp3) is 0.0526. The fourth-order valence-electron chi connectivity index (χ4n) is 1.98. The predicted molar refractivity (Wildman–Crippen MR) is 99.2 cm³/mol. The van der Waals surface area contributed by atoms with Crippen molar-refractivity contribution in [3.63, 3.8) is 0 Å². The topological polar surface area (TPSA) is 47.0 Å². The van der Waals surface area contributed by atoms with E-state index in [0.29, 0.717) is 11.8 Å². The maximum atomic E-state index is 5.90. The Bertz CT molecular complexity index is 823. The van der Waals surface area contributed by atoms with Crippen molar-refractivity contribution in [2.75, 3.05) is 4.72 Å². The molecule has 3 rings (SSSR count). The molecule has 4 nitrogen and oxygen atoms in total. The van der Waals surface area contributed by atoms with Crippen molar-refractivity contribution in [2.24, 2.45) is 0 Å². The zero-order valence-corrected chi connectivity index (χ0v) is 14.1. The van der Waals surface area contributed by atoms with Crippen LogP contribution in [0.4, 0.5) is 5.95 Å². The summed E-state index contributed by atoms with van der Waals surface area (Å²) in [6.45, 7) is 5.87. The van der Waals surface area contributed by atoms with Gasteiger partial charge in [-0.1, -0.05) is 43.0 Å². The van der Waals surface area contributed by atoms with Crippen LogP contribution in [-0.4, -0.2) is 9.97 Å². The Hall–Kier alpha value is -2.79. The van der Waals surface area contributed by atoms with Crippen LogP contribution in [0.1, 0.15) is 12.5 Å². The van der Waals surface area contributed by atoms with Gasteiger partial charge in [-0.05, 0) is 48.7 Å². The minimum absolute atomic E-state index is 0.486. The van der Waals surface area contributed by atoms with E-state index in [9.17, 15) is 0 Å². The average molecular weight is 335 g/mol. The molecule has 1 N–H and O–H groups in total. The van der Waals surface area contributed by atoms with Crippen molar-refractivity contribution in [3.8, 4) is 11.6 Å². The van der Waals surface area contributed by atoms with Crippen LogP contribution in [0, 0.1) is 0 Å². The first-order chi connectivity index (χ1) is 11.7. The maximum absolute atomic E-state index is 5.90. The van der Waals surface area contributed by atoms with Gasteiger partial charge < -0.3 is 4.74 Å². The molecule has 2 aromatic carbocycles. The van der Waals surface area contributed by atoms with Crippen molar-refractivity contribution in [1.82, 2.24) is 9.97 Å². The van der Waals surface area contributed by atoms with Crippen molar-refractivity contribution >= 4 is 23.5 Å². The molecule has 0 bridgehead atoms. The summed E-state index contributed by atoms with van der Waals surface area (Å²) in [5.41, 5.74) is 1.64. The highest BCUT2D eigenvalue weighted by atomic mass is 32.2. The number of ether oxygens (including phenoxy) is 1. The van der Waals surface area contributed by atoms with Crippen LogP contribution in [0.5, 0.6) is 11.6 Å². The Kier molecular flexibility index (Phi) is 5.13. The number of benzene rings is 2. The summed E-state index contributed by atoms with van der Waals surface area (Å²) < 4.78 is 9.04. The molecule has 0 atom stereocenters. The molecule has 0 spiro atoms. The number of hydrogen-bond acceptors (Lipinski definition) is 5. The average Bonchev–Trinajstić information content (AvgIpc) is 2.62. The summed E-state index contributed by atoms with van der Waals surface area (Å²) in [6.07, 6.45) is 1.72. The summed E-state index contributed by atoms with van der Waals surface area (Å²) in [5, 5.41) is 0. The normalized spacial score (nSPS) is 10.2. The van der Waals surface area contributed by atoms with Gasteiger partial charge in [-0.25, -0.2) is 4.98 Å². The van der Waals surface area contributed by atoms with E-state index < -0.39 is 0 Å². The highest BCUT2D eigenvalue weighted by Crippen LogP contribution is 2.29. The molecule has 3 aromatic rings. The third kappa shape index (κ3) is 4.14. The molecule has 5 heteroatoms. The monoisotopic (exact) mass is 335 g/mol. The summed E-state index contributed by atoms with van der Waals surface area (Å²) >= 11 is 1.45. The van der Waals surface area contributed by atoms with E-state index in [0.717, 1.165) is 21.8 Å². The minimum Gasteiger partial charge on any atom is -0.438 e.